The van der Waals surface area contributed by atoms with Gasteiger partial charge < -0.3 is 0 Å². The Hall–Kier alpha value is -1.86. The first kappa shape index (κ1) is 14.5. The standard InChI is InChI=1S/C18H18ClN/c1-13-9-15(3)18(20-12-19)17(10-13)14(2)11-16-7-5-4-6-8-16/h4-12H,1-3H3/b14-11+,20-12+. The number of allylic oxidation sites excluding steroid dienone is 1. The predicted molar refractivity (Wildman–Crippen MR) is 89.9 cm³/mol. The summed E-state index contributed by atoms with van der Waals surface area (Å²) in [6.45, 7) is 6.26. The van der Waals surface area contributed by atoms with E-state index in [1.54, 1.807) is 0 Å². The normalized spacial score (nSPS) is 12.1. The highest BCUT2D eigenvalue weighted by Crippen LogP contribution is 2.32. The largest absolute Gasteiger partial charge is 0.244 e. The Kier molecular flexibility index (Phi) is 4.75. The van der Waals surface area contributed by atoms with Gasteiger partial charge >= 0.3 is 0 Å². The molecule has 0 N–H and O–H groups in total. The van der Waals surface area contributed by atoms with Gasteiger partial charge in [-0.2, -0.15) is 0 Å². The van der Waals surface area contributed by atoms with Crippen LogP contribution in [-0.4, -0.2) is 5.67 Å². The maximum atomic E-state index is 5.67. The van der Waals surface area contributed by atoms with Crippen LogP contribution in [0, 0.1) is 13.8 Å². The average Bonchev–Trinajstić information content (AvgIpc) is 2.42. The lowest BCUT2D eigenvalue weighted by molar-refractivity contribution is 1.33. The second kappa shape index (κ2) is 6.53. The SMILES string of the molecule is C/C(=C\c1ccccc1)c1cc(C)cc(C)c1/N=C/Cl. The van der Waals surface area contributed by atoms with Crippen LogP contribution in [0.25, 0.3) is 11.6 Å². The molecule has 0 fully saturated rings. The molecule has 2 aromatic rings. The van der Waals surface area contributed by atoms with E-state index in [1.165, 1.54) is 22.4 Å². The number of aryl methyl sites for hydroxylation is 2. The van der Waals surface area contributed by atoms with Crippen LogP contribution < -0.4 is 0 Å². The van der Waals surface area contributed by atoms with E-state index in [-0.39, 0.29) is 0 Å². The van der Waals surface area contributed by atoms with Crippen LogP contribution in [0.2, 0.25) is 0 Å². The molecule has 2 rings (SSSR count). The van der Waals surface area contributed by atoms with Crippen molar-refractivity contribution >= 4 is 34.6 Å². The van der Waals surface area contributed by atoms with Crippen LogP contribution in [0.3, 0.4) is 0 Å². The fraction of sp³-hybridized carbons (Fsp3) is 0.167. The molecule has 102 valence electrons. The minimum absolute atomic E-state index is 0.940. The van der Waals surface area contributed by atoms with E-state index in [2.05, 4.69) is 56.1 Å². The third-order valence-corrected chi connectivity index (χ3v) is 3.33. The van der Waals surface area contributed by atoms with Crippen molar-refractivity contribution in [2.45, 2.75) is 20.8 Å². The summed E-state index contributed by atoms with van der Waals surface area (Å²) in [5.74, 6) is 0. The molecule has 0 saturated heterocycles. The van der Waals surface area contributed by atoms with Crippen molar-refractivity contribution in [2.24, 2.45) is 4.99 Å². The summed E-state index contributed by atoms with van der Waals surface area (Å²) in [4.78, 5) is 4.31. The van der Waals surface area contributed by atoms with E-state index in [0.717, 1.165) is 16.8 Å². The number of aliphatic imine (C=N–C) groups is 1. The molecule has 20 heavy (non-hydrogen) atoms. The van der Waals surface area contributed by atoms with Crippen molar-refractivity contribution in [1.82, 2.24) is 0 Å². The molecule has 0 amide bonds. The molecule has 0 spiro atoms. The number of nitrogens with zero attached hydrogens (tertiary/aromatic N) is 1. The Morgan fingerprint density at radius 2 is 1.80 bits per heavy atom. The van der Waals surface area contributed by atoms with Gasteiger partial charge in [0.15, 0.2) is 0 Å². The summed E-state index contributed by atoms with van der Waals surface area (Å²) in [6.07, 6.45) is 2.17. The summed E-state index contributed by atoms with van der Waals surface area (Å²) in [5, 5.41) is 0. The highest BCUT2D eigenvalue weighted by Gasteiger charge is 2.07. The fourth-order valence-electron chi connectivity index (χ4n) is 2.36. The molecular weight excluding hydrogens is 266 g/mol. The zero-order valence-corrected chi connectivity index (χ0v) is 12.8. The molecule has 1 nitrogen and oxygen atoms in total. The summed E-state index contributed by atoms with van der Waals surface area (Å²) in [6, 6.07) is 14.6. The van der Waals surface area contributed by atoms with Crippen LogP contribution in [0.1, 0.15) is 29.2 Å². The number of benzene rings is 2. The van der Waals surface area contributed by atoms with E-state index in [0.29, 0.717) is 0 Å². The Bertz CT molecular complexity index is 655. The van der Waals surface area contributed by atoms with E-state index in [9.17, 15) is 0 Å². The van der Waals surface area contributed by atoms with Crippen molar-refractivity contribution < 1.29 is 0 Å². The Balaban J connectivity index is 2.54. The van der Waals surface area contributed by atoms with Crippen molar-refractivity contribution in [3.8, 4) is 0 Å². The van der Waals surface area contributed by atoms with Crippen LogP contribution in [-0.2, 0) is 0 Å². The van der Waals surface area contributed by atoms with Crippen LogP contribution in [0.15, 0.2) is 47.5 Å². The zero-order chi connectivity index (χ0) is 14.5. The molecule has 0 saturated carbocycles. The van der Waals surface area contributed by atoms with Crippen molar-refractivity contribution in [3.05, 3.63) is 64.7 Å². The first-order valence-corrected chi connectivity index (χ1v) is 7.03. The summed E-state index contributed by atoms with van der Waals surface area (Å²) in [5.41, 5.74) is 8.13. The number of rotatable bonds is 3. The van der Waals surface area contributed by atoms with E-state index in [1.807, 2.05) is 18.2 Å². The molecule has 0 radical (unpaired) electrons. The maximum absolute atomic E-state index is 5.67. The second-order valence-corrected chi connectivity index (χ2v) is 5.14. The Labute approximate surface area is 125 Å². The van der Waals surface area contributed by atoms with E-state index < -0.39 is 0 Å². The quantitative estimate of drug-likeness (QED) is 0.501. The summed E-state index contributed by atoms with van der Waals surface area (Å²) >= 11 is 5.67. The molecule has 0 heterocycles. The van der Waals surface area contributed by atoms with Gasteiger partial charge in [0.25, 0.3) is 0 Å². The van der Waals surface area contributed by atoms with Crippen LogP contribution >= 0.6 is 11.6 Å². The number of hydrogen-bond donors (Lipinski definition) is 0. The van der Waals surface area contributed by atoms with Gasteiger partial charge in [-0.25, -0.2) is 4.99 Å². The Morgan fingerprint density at radius 1 is 1.10 bits per heavy atom. The van der Waals surface area contributed by atoms with Crippen molar-refractivity contribution in [3.63, 3.8) is 0 Å². The highest BCUT2D eigenvalue weighted by molar-refractivity contribution is 6.56. The van der Waals surface area contributed by atoms with Gasteiger partial charge in [-0.3, -0.25) is 0 Å². The van der Waals surface area contributed by atoms with Crippen LogP contribution in [0.4, 0.5) is 5.69 Å². The highest BCUT2D eigenvalue weighted by atomic mass is 35.5. The minimum Gasteiger partial charge on any atom is -0.244 e. The molecular formula is C18H18ClN. The van der Waals surface area contributed by atoms with Gasteiger partial charge in [-0.1, -0.05) is 59.6 Å². The monoisotopic (exact) mass is 283 g/mol. The minimum atomic E-state index is 0.940. The fourth-order valence-corrected chi connectivity index (χ4v) is 2.46. The van der Waals surface area contributed by atoms with E-state index >= 15 is 0 Å². The van der Waals surface area contributed by atoms with Gasteiger partial charge in [0.2, 0.25) is 0 Å². The number of hydrogen-bond acceptors (Lipinski definition) is 1. The number of halogens is 1. The first-order chi connectivity index (χ1) is 9.61. The zero-order valence-electron chi connectivity index (χ0n) is 12.0. The maximum Gasteiger partial charge on any atom is 0.0934 e. The van der Waals surface area contributed by atoms with Gasteiger partial charge in [-0.15, -0.1) is 0 Å². The Morgan fingerprint density at radius 3 is 2.45 bits per heavy atom. The topological polar surface area (TPSA) is 12.4 Å². The molecule has 0 aliphatic heterocycles. The summed E-state index contributed by atoms with van der Waals surface area (Å²) < 4.78 is 0. The molecule has 0 unspecified atom stereocenters. The molecule has 2 aromatic carbocycles. The van der Waals surface area contributed by atoms with Gasteiger partial charge in [-0.05, 0) is 43.5 Å². The lowest BCUT2D eigenvalue weighted by atomic mass is 9.97. The van der Waals surface area contributed by atoms with Crippen molar-refractivity contribution in [2.75, 3.05) is 0 Å². The van der Waals surface area contributed by atoms with E-state index in [4.69, 9.17) is 11.6 Å². The predicted octanol–water partition coefficient (Wildman–Crippen LogP) is 5.76. The molecule has 2 heteroatoms. The van der Waals surface area contributed by atoms with Gasteiger partial charge in [0.1, 0.15) is 0 Å². The second-order valence-electron chi connectivity index (χ2n) is 4.94. The lowest BCUT2D eigenvalue weighted by Crippen LogP contribution is -1.88. The molecule has 0 atom stereocenters. The molecule has 0 aliphatic carbocycles. The molecule has 0 aliphatic rings. The lowest BCUT2D eigenvalue weighted by Gasteiger charge is -2.11. The smallest absolute Gasteiger partial charge is 0.0934 e. The van der Waals surface area contributed by atoms with Gasteiger partial charge in [0, 0.05) is 5.56 Å². The van der Waals surface area contributed by atoms with Crippen molar-refractivity contribution in [1.29, 1.82) is 0 Å². The van der Waals surface area contributed by atoms with Gasteiger partial charge in [0.05, 0.1) is 11.4 Å². The first-order valence-electron chi connectivity index (χ1n) is 6.59. The molecule has 0 bridgehead atoms. The third kappa shape index (κ3) is 3.37. The third-order valence-electron chi connectivity index (χ3n) is 3.23. The summed E-state index contributed by atoms with van der Waals surface area (Å²) in [7, 11) is 0. The van der Waals surface area contributed by atoms with Crippen LogP contribution in [0.5, 0.6) is 0 Å². The average molecular weight is 284 g/mol. The molecule has 0 aromatic heterocycles.